The molecule has 63 heavy (non-hydrogen) atoms. The molecule has 0 aromatic carbocycles. The highest BCUT2D eigenvalue weighted by Crippen LogP contribution is 2.12. The summed E-state index contributed by atoms with van der Waals surface area (Å²) in [6, 6.07) is 0. The van der Waals surface area contributed by atoms with E-state index in [4.69, 9.17) is 14.2 Å². The highest BCUT2D eigenvalue weighted by Gasteiger charge is 2.19. The Morgan fingerprint density at radius 1 is 0.349 bits per heavy atom. The van der Waals surface area contributed by atoms with Crippen LogP contribution in [0.1, 0.15) is 226 Å². The molecule has 0 aliphatic heterocycles. The summed E-state index contributed by atoms with van der Waals surface area (Å²) in [4.78, 5) is 37.9. The Bertz CT molecular complexity index is 1280. The lowest BCUT2D eigenvalue weighted by Crippen LogP contribution is -2.30. The van der Waals surface area contributed by atoms with E-state index in [9.17, 15) is 14.4 Å². The smallest absolute Gasteiger partial charge is 0.306 e. The number of rotatable bonds is 45. The molecule has 1 atom stereocenters. The summed E-state index contributed by atoms with van der Waals surface area (Å²) in [6.45, 7) is 6.40. The minimum absolute atomic E-state index is 0.114. The maximum Gasteiger partial charge on any atom is 0.306 e. The number of esters is 3. The maximum absolute atomic E-state index is 12.8. The zero-order chi connectivity index (χ0) is 45.8. The minimum atomic E-state index is -0.819. The van der Waals surface area contributed by atoms with Crippen molar-refractivity contribution in [3.8, 4) is 0 Å². The second-order valence-corrected chi connectivity index (χ2v) is 16.7. The number of carbonyl (C=O) groups is 3. The third-order valence-electron chi connectivity index (χ3n) is 10.6. The predicted octanol–water partition coefficient (Wildman–Crippen LogP) is 17.0. The molecule has 0 aliphatic rings. The SMILES string of the molecule is CC/C=C\C/C=C\CCCCCCCC(=O)OCC(COC(=O)CCC/C=C\C/C=C\C/C=C\C/C=C\CCCCC)OC(=O)CCCCC/C=C\C=C/CCCCCCCCC. The first-order valence-electron chi connectivity index (χ1n) is 25.8. The molecule has 0 radical (unpaired) electrons. The van der Waals surface area contributed by atoms with Gasteiger partial charge in [0.25, 0.3) is 0 Å². The molecule has 6 heteroatoms. The highest BCUT2D eigenvalue weighted by atomic mass is 16.6. The third-order valence-corrected chi connectivity index (χ3v) is 10.6. The largest absolute Gasteiger partial charge is 0.462 e. The average Bonchev–Trinajstić information content (AvgIpc) is 3.28. The Morgan fingerprint density at radius 2 is 0.683 bits per heavy atom. The zero-order valence-corrected chi connectivity index (χ0v) is 40.8. The molecule has 358 valence electrons. The molecule has 6 nitrogen and oxygen atoms in total. The summed E-state index contributed by atoms with van der Waals surface area (Å²) in [6.07, 6.45) is 66.8. The van der Waals surface area contributed by atoms with E-state index in [1.165, 1.54) is 70.6 Å². The van der Waals surface area contributed by atoms with Crippen molar-refractivity contribution in [1.82, 2.24) is 0 Å². The van der Waals surface area contributed by atoms with Crippen LogP contribution in [-0.2, 0) is 28.6 Å². The number of hydrogen-bond donors (Lipinski definition) is 0. The van der Waals surface area contributed by atoms with Gasteiger partial charge in [-0.05, 0) is 109 Å². The Balaban J connectivity index is 4.54. The standard InChI is InChI=1S/C57H94O6/c1-4-7-10-13-16-19-22-25-27-29-31-32-35-38-41-44-47-50-56(59)62-53-54(52-61-55(58)49-46-43-40-37-34-24-21-18-15-12-9-6-3)63-57(60)51-48-45-42-39-36-33-30-28-26-23-20-17-14-11-8-5-2/h9,12,16,18-19,21,25,27-28,30-33,36,38,41,54H,4-8,10-11,13-15,17,20,22-24,26,29,34-35,37,39-40,42-53H2,1-3H3/b12-9-,19-16-,21-18-,27-25-,30-28-,32-31-,36-33-,41-38-. The summed E-state index contributed by atoms with van der Waals surface area (Å²) in [5.41, 5.74) is 0. The summed E-state index contributed by atoms with van der Waals surface area (Å²) < 4.78 is 16.7. The van der Waals surface area contributed by atoms with Gasteiger partial charge in [-0.3, -0.25) is 14.4 Å². The van der Waals surface area contributed by atoms with Gasteiger partial charge in [0.2, 0.25) is 0 Å². The lowest BCUT2D eigenvalue weighted by molar-refractivity contribution is -0.167. The number of hydrogen-bond acceptors (Lipinski definition) is 6. The number of ether oxygens (including phenoxy) is 3. The van der Waals surface area contributed by atoms with E-state index < -0.39 is 6.10 Å². The fourth-order valence-electron chi connectivity index (χ4n) is 6.70. The predicted molar refractivity (Wildman–Crippen MR) is 270 cm³/mol. The molecule has 0 N–H and O–H groups in total. The summed E-state index contributed by atoms with van der Waals surface area (Å²) in [7, 11) is 0. The minimum Gasteiger partial charge on any atom is -0.462 e. The van der Waals surface area contributed by atoms with Crippen LogP contribution in [0.15, 0.2) is 97.2 Å². The average molecular weight is 875 g/mol. The molecular weight excluding hydrogens is 781 g/mol. The Kier molecular flexibility index (Phi) is 48.0. The van der Waals surface area contributed by atoms with Crippen LogP contribution in [0, 0.1) is 0 Å². The molecule has 0 aliphatic carbocycles. The van der Waals surface area contributed by atoms with Crippen molar-refractivity contribution in [1.29, 1.82) is 0 Å². The van der Waals surface area contributed by atoms with Crippen LogP contribution < -0.4 is 0 Å². The normalized spacial score (nSPS) is 12.9. The van der Waals surface area contributed by atoms with Gasteiger partial charge in [-0.2, -0.15) is 0 Å². The van der Waals surface area contributed by atoms with Crippen molar-refractivity contribution < 1.29 is 28.6 Å². The Labute approximate surface area is 387 Å². The van der Waals surface area contributed by atoms with Crippen molar-refractivity contribution in [3.63, 3.8) is 0 Å². The lowest BCUT2D eigenvalue weighted by Gasteiger charge is -2.18. The molecule has 0 amide bonds. The molecule has 0 aromatic rings. The van der Waals surface area contributed by atoms with Crippen LogP contribution in [0.25, 0.3) is 0 Å². The quantitative estimate of drug-likeness (QED) is 0.0199. The summed E-state index contributed by atoms with van der Waals surface area (Å²) >= 11 is 0. The van der Waals surface area contributed by atoms with Crippen LogP contribution in [0.5, 0.6) is 0 Å². The van der Waals surface area contributed by atoms with Crippen molar-refractivity contribution in [2.24, 2.45) is 0 Å². The summed E-state index contributed by atoms with van der Waals surface area (Å²) in [5, 5.41) is 0. The first-order valence-corrected chi connectivity index (χ1v) is 25.8. The zero-order valence-electron chi connectivity index (χ0n) is 40.8. The van der Waals surface area contributed by atoms with Crippen LogP contribution in [0.4, 0.5) is 0 Å². The monoisotopic (exact) mass is 875 g/mol. The van der Waals surface area contributed by atoms with Crippen molar-refractivity contribution >= 4 is 17.9 Å². The van der Waals surface area contributed by atoms with Crippen molar-refractivity contribution in [2.75, 3.05) is 13.2 Å². The number of allylic oxidation sites excluding steroid dienone is 16. The molecule has 0 aromatic heterocycles. The number of unbranched alkanes of at least 4 members (excludes halogenated alkanes) is 19. The van der Waals surface area contributed by atoms with Gasteiger partial charge in [0, 0.05) is 19.3 Å². The molecule has 0 spiro atoms. The molecule has 0 saturated carbocycles. The molecule has 0 saturated heterocycles. The van der Waals surface area contributed by atoms with Gasteiger partial charge in [-0.15, -0.1) is 0 Å². The fourth-order valence-corrected chi connectivity index (χ4v) is 6.70. The lowest BCUT2D eigenvalue weighted by atomic mass is 10.1. The fraction of sp³-hybridized carbons (Fsp3) is 0.667. The maximum atomic E-state index is 12.8. The van der Waals surface area contributed by atoms with Gasteiger partial charge in [0.1, 0.15) is 13.2 Å². The van der Waals surface area contributed by atoms with Gasteiger partial charge in [-0.1, -0.05) is 195 Å². The first-order chi connectivity index (χ1) is 31.0. The third kappa shape index (κ3) is 49.2. The molecule has 0 rings (SSSR count). The van der Waals surface area contributed by atoms with Gasteiger partial charge < -0.3 is 14.2 Å². The Hall–Kier alpha value is -3.67. The van der Waals surface area contributed by atoms with E-state index in [1.54, 1.807) is 0 Å². The van der Waals surface area contributed by atoms with Crippen LogP contribution in [0.3, 0.4) is 0 Å². The topological polar surface area (TPSA) is 78.9 Å². The molecule has 0 fully saturated rings. The van der Waals surface area contributed by atoms with Gasteiger partial charge in [0.15, 0.2) is 6.10 Å². The van der Waals surface area contributed by atoms with Crippen molar-refractivity contribution in [3.05, 3.63) is 97.2 Å². The van der Waals surface area contributed by atoms with Crippen LogP contribution >= 0.6 is 0 Å². The summed E-state index contributed by atoms with van der Waals surface area (Å²) in [5.74, 6) is -1.02. The highest BCUT2D eigenvalue weighted by molar-refractivity contribution is 5.71. The van der Waals surface area contributed by atoms with Gasteiger partial charge in [-0.25, -0.2) is 0 Å². The van der Waals surface area contributed by atoms with Gasteiger partial charge in [0.05, 0.1) is 0 Å². The van der Waals surface area contributed by atoms with E-state index in [0.29, 0.717) is 12.8 Å². The van der Waals surface area contributed by atoms with E-state index in [2.05, 4.69) is 118 Å². The van der Waals surface area contributed by atoms with Gasteiger partial charge >= 0.3 is 17.9 Å². The number of carbonyl (C=O) groups excluding carboxylic acids is 3. The second-order valence-electron chi connectivity index (χ2n) is 16.7. The molecule has 1 unspecified atom stereocenters. The second kappa shape index (κ2) is 51.0. The van der Waals surface area contributed by atoms with E-state index in [0.717, 1.165) is 109 Å². The van der Waals surface area contributed by atoms with Crippen molar-refractivity contribution in [2.45, 2.75) is 232 Å². The van der Waals surface area contributed by atoms with E-state index in [1.807, 2.05) is 0 Å². The Morgan fingerprint density at radius 3 is 1.17 bits per heavy atom. The molecule has 0 heterocycles. The molecule has 0 bridgehead atoms. The van der Waals surface area contributed by atoms with Crippen LogP contribution in [0.2, 0.25) is 0 Å². The van der Waals surface area contributed by atoms with Crippen LogP contribution in [-0.4, -0.2) is 37.2 Å². The van der Waals surface area contributed by atoms with E-state index >= 15 is 0 Å². The first kappa shape index (κ1) is 59.3. The molecular formula is C57H94O6. The van der Waals surface area contributed by atoms with E-state index in [-0.39, 0.29) is 44.0 Å².